The lowest BCUT2D eigenvalue weighted by Gasteiger charge is -2.09. The highest BCUT2D eigenvalue weighted by atomic mass is 32.2. The fraction of sp³-hybridized carbons (Fsp3) is 0.417. The molecule has 22 heavy (non-hydrogen) atoms. The number of H-pyrrole nitrogens is 1. The van der Waals surface area contributed by atoms with Gasteiger partial charge in [-0.2, -0.15) is 4.98 Å². The second-order valence-electron chi connectivity index (χ2n) is 4.20. The number of aromatic nitrogens is 4. The molecule has 2 aromatic heterocycles. The van der Waals surface area contributed by atoms with Gasteiger partial charge in [-0.15, -0.1) is 10.2 Å². The van der Waals surface area contributed by atoms with Gasteiger partial charge < -0.3 is 9.72 Å². The highest BCUT2D eigenvalue weighted by Crippen LogP contribution is 2.22. The van der Waals surface area contributed by atoms with Crippen LogP contribution in [-0.2, 0) is 11.2 Å². The molecule has 0 aromatic carbocycles. The van der Waals surface area contributed by atoms with E-state index in [1.54, 1.807) is 6.92 Å². The molecule has 0 saturated carbocycles. The molecule has 0 aliphatic rings. The van der Waals surface area contributed by atoms with Crippen LogP contribution in [0.2, 0.25) is 0 Å². The Bertz CT molecular complexity index is 715. The summed E-state index contributed by atoms with van der Waals surface area (Å²) in [4.78, 5) is 30.2. The number of aryl methyl sites for hydroxylation is 1. The Morgan fingerprint density at radius 3 is 2.95 bits per heavy atom. The molecule has 0 aliphatic heterocycles. The molecule has 0 spiro atoms. The third-order valence-electron chi connectivity index (χ3n) is 2.56. The molecule has 2 rings (SSSR count). The van der Waals surface area contributed by atoms with Crippen molar-refractivity contribution in [3.63, 3.8) is 0 Å². The zero-order chi connectivity index (χ0) is 16.1. The van der Waals surface area contributed by atoms with Gasteiger partial charge in [-0.3, -0.25) is 14.9 Å². The van der Waals surface area contributed by atoms with Gasteiger partial charge in [0.1, 0.15) is 5.01 Å². The number of hydrogen-bond acceptors (Lipinski definition) is 8. The Balaban J connectivity index is 2.01. The lowest BCUT2D eigenvalue weighted by Crippen LogP contribution is -2.23. The van der Waals surface area contributed by atoms with Gasteiger partial charge in [-0.1, -0.05) is 30.0 Å². The number of nitrogens with zero attached hydrogens (tertiary/aromatic N) is 3. The normalized spacial score (nSPS) is 12.0. The van der Waals surface area contributed by atoms with E-state index in [4.69, 9.17) is 4.74 Å². The van der Waals surface area contributed by atoms with E-state index in [1.807, 2.05) is 6.92 Å². The second kappa shape index (κ2) is 7.36. The summed E-state index contributed by atoms with van der Waals surface area (Å²) in [6.07, 6.45) is 0.771. The summed E-state index contributed by atoms with van der Waals surface area (Å²) in [6, 6.07) is 1.24. The zero-order valence-corrected chi connectivity index (χ0v) is 13.9. The van der Waals surface area contributed by atoms with E-state index in [0.717, 1.165) is 23.2 Å². The van der Waals surface area contributed by atoms with Crippen LogP contribution in [0.4, 0.5) is 5.13 Å². The van der Waals surface area contributed by atoms with Crippen LogP contribution in [0.25, 0.3) is 0 Å². The zero-order valence-electron chi connectivity index (χ0n) is 12.2. The minimum atomic E-state index is -0.468. The minimum Gasteiger partial charge on any atom is -0.481 e. The molecule has 1 unspecified atom stereocenters. The van der Waals surface area contributed by atoms with Gasteiger partial charge in [0.15, 0.2) is 5.16 Å². The van der Waals surface area contributed by atoms with Crippen LogP contribution in [0.3, 0.4) is 0 Å². The third-order valence-corrected chi connectivity index (χ3v) is 4.53. The van der Waals surface area contributed by atoms with Crippen molar-refractivity contribution in [3.05, 3.63) is 21.4 Å². The van der Waals surface area contributed by atoms with Gasteiger partial charge in [0.05, 0.1) is 18.4 Å². The first kappa shape index (κ1) is 16.4. The number of nitrogens with one attached hydrogen (secondary N) is 2. The van der Waals surface area contributed by atoms with Crippen molar-refractivity contribution >= 4 is 34.1 Å². The topological polar surface area (TPSA) is 110 Å². The lowest BCUT2D eigenvalue weighted by atomic mass is 10.4. The fourth-order valence-electron chi connectivity index (χ4n) is 1.45. The number of anilines is 1. The summed E-state index contributed by atoms with van der Waals surface area (Å²) < 4.78 is 4.93. The van der Waals surface area contributed by atoms with Gasteiger partial charge >= 0.3 is 0 Å². The third kappa shape index (κ3) is 4.28. The number of carbonyl (C=O) groups is 1. The Hall–Kier alpha value is -1.94. The first-order valence-electron chi connectivity index (χ1n) is 6.47. The van der Waals surface area contributed by atoms with Crippen molar-refractivity contribution in [2.24, 2.45) is 0 Å². The van der Waals surface area contributed by atoms with Gasteiger partial charge in [0.25, 0.3) is 5.56 Å². The Morgan fingerprint density at radius 2 is 2.32 bits per heavy atom. The molecule has 2 heterocycles. The van der Waals surface area contributed by atoms with Gasteiger partial charge in [0.2, 0.25) is 16.9 Å². The van der Waals surface area contributed by atoms with E-state index >= 15 is 0 Å². The summed E-state index contributed by atoms with van der Waals surface area (Å²) in [7, 11) is 1.42. The highest BCUT2D eigenvalue weighted by Gasteiger charge is 2.18. The van der Waals surface area contributed by atoms with Crippen LogP contribution in [0.15, 0.2) is 16.0 Å². The SMILES string of the molecule is CCc1nnc(NC(=O)C(C)Sc2nc(OC)cc(=O)[nH]2)s1. The van der Waals surface area contributed by atoms with E-state index in [0.29, 0.717) is 10.3 Å². The molecule has 118 valence electrons. The van der Waals surface area contributed by atoms with Gasteiger partial charge in [-0.05, 0) is 13.3 Å². The molecule has 0 bridgehead atoms. The summed E-state index contributed by atoms with van der Waals surface area (Å²) in [6.45, 7) is 3.68. The van der Waals surface area contributed by atoms with Crippen molar-refractivity contribution in [1.82, 2.24) is 20.2 Å². The maximum absolute atomic E-state index is 12.1. The Labute approximate surface area is 134 Å². The summed E-state index contributed by atoms with van der Waals surface area (Å²) in [5, 5.41) is 11.7. The number of thioether (sulfide) groups is 1. The molecule has 1 atom stereocenters. The molecule has 2 N–H and O–H groups in total. The maximum Gasteiger partial charge on any atom is 0.255 e. The predicted octanol–water partition coefficient (Wildman–Crippen LogP) is 1.31. The Morgan fingerprint density at radius 1 is 1.55 bits per heavy atom. The van der Waals surface area contributed by atoms with Crippen molar-refractivity contribution < 1.29 is 9.53 Å². The number of aromatic amines is 1. The summed E-state index contributed by atoms with van der Waals surface area (Å²) >= 11 is 2.46. The molecular formula is C12H15N5O3S2. The van der Waals surface area contributed by atoms with Crippen LogP contribution < -0.4 is 15.6 Å². The lowest BCUT2D eigenvalue weighted by molar-refractivity contribution is -0.115. The minimum absolute atomic E-state index is 0.204. The molecule has 8 nitrogen and oxygen atoms in total. The molecule has 0 fully saturated rings. The number of rotatable bonds is 6. The quantitative estimate of drug-likeness (QED) is 0.602. The molecule has 0 aliphatic carbocycles. The maximum atomic E-state index is 12.1. The average Bonchev–Trinajstić information content (AvgIpc) is 2.94. The van der Waals surface area contributed by atoms with E-state index in [1.165, 1.54) is 24.5 Å². The second-order valence-corrected chi connectivity index (χ2v) is 6.59. The van der Waals surface area contributed by atoms with Gasteiger partial charge in [0, 0.05) is 0 Å². The highest BCUT2D eigenvalue weighted by molar-refractivity contribution is 8.00. The number of hydrogen-bond donors (Lipinski definition) is 2. The smallest absolute Gasteiger partial charge is 0.255 e. The number of amides is 1. The van der Waals surface area contributed by atoms with Crippen LogP contribution in [-0.4, -0.2) is 38.4 Å². The average molecular weight is 341 g/mol. The predicted molar refractivity (Wildman–Crippen MR) is 84.6 cm³/mol. The van der Waals surface area contributed by atoms with Crippen LogP contribution >= 0.6 is 23.1 Å². The van der Waals surface area contributed by atoms with Gasteiger partial charge in [-0.25, -0.2) is 0 Å². The van der Waals surface area contributed by atoms with E-state index in [2.05, 4.69) is 25.5 Å². The van der Waals surface area contributed by atoms with Crippen LogP contribution in [0.1, 0.15) is 18.9 Å². The van der Waals surface area contributed by atoms with Crippen molar-refractivity contribution in [1.29, 1.82) is 0 Å². The molecule has 2 aromatic rings. The molecule has 10 heteroatoms. The van der Waals surface area contributed by atoms with Crippen molar-refractivity contribution in [2.45, 2.75) is 30.7 Å². The van der Waals surface area contributed by atoms with Crippen molar-refractivity contribution in [2.75, 3.05) is 12.4 Å². The standard InChI is InChI=1S/C12H15N5O3S2/c1-4-9-16-17-12(22-9)15-10(19)6(2)21-11-13-7(18)5-8(14-11)20-3/h5-6H,4H2,1-3H3,(H,13,14,18)(H,15,17,19). The van der Waals surface area contributed by atoms with Crippen LogP contribution in [0.5, 0.6) is 5.88 Å². The van der Waals surface area contributed by atoms with E-state index in [-0.39, 0.29) is 17.3 Å². The van der Waals surface area contributed by atoms with Crippen molar-refractivity contribution in [3.8, 4) is 5.88 Å². The molecule has 1 amide bonds. The number of methoxy groups -OCH3 is 1. The van der Waals surface area contributed by atoms with Crippen LogP contribution in [0, 0.1) is 0 Å². The first-order valence-corrected chi connectivity index (χ1v) is 8.16. The summed E-state index contributed by atoms with van der Waals surface area (Å²) in [5.41, 5.74) is -0.335. The largest absolute Gasteiger partial charge is 0.481 e. The number of ether oxygens (including phenoxy) is 1. The van der Waals surface area contributed by atoms with E-state index < -0.39 is 5.25 Å². The fourth-order valence-corrected chi connectivity index (χ4v) is 2.93. The number of carbonyl (C=O) groups excluding carboxylic acids is 1. The summed E-state index contributed by atoms with van der Waals surface area (Å²) in [5.74, 6) is -0.0372. The van der Waals surface area contributed by atoms with E-state index in [9.17, 15) is 9.59 Å². The first-order chi connectivity index (χ1) is 10.5. The molecular weight excluding hydrogens is 326 g/mol. The Kier molecular flexibility index (Phi) is 5.50. The molecule has 0 saturated heterocycles. The molecule has 0 radical (unpaired) electrons. The monoisotopic (exact) mass is 341 g/mol.